The molecular weight excluding hydrogens is 138 g/mol. The van der Waals surface area contributed by atoms with Gasteiger partial charge in [0.15, 0.2) is 0 Å². The zero-order valence-electron chi connectivity index (χ0n) is 7.81. The summed E-state index contributed by atoms with van der Waals surface area (Å²) in [5, 5.41) is 2.86. The normalized spacial score (nSPS) is 12.6. The molecule has 0 fully saturated rings. The molecule has 2 nitrogen and oxygen atoms in total. The summed E-state index contributed by atoms with van der Waals surface area (Å²) < 4.78 is 0. The average Bonchev–Trinajstić information content (AvgIpc) is 2.04. The van der Waals surface area contributed by atoms with Crippen LogP contribution in [0.25, 0.3) is 0 Å². The van der Waals surface area contributed by atoms with Crippen LogP contribution in [0.2, 0.25) is 0 Å². The van der Waals surface area contributed by atoms with Crippen molar-refractivity contribution in [1.82, 2.24) is 5.32 Å². The number of nitrogens with one attached hydrogen (secondary N) is 1. The van der Waals surface area contributed by atoms with Gasteiger partial charge in [-0.15, -0.1) is 0 Å². The first-order valence-corrected chi connectivity index (χ1v) is 4.47. The molecule has 0 aromatic rings. The molecule has 1 atom stereocenters. The summed E-state index contributed by atoms with van der Waals surface area (Å²) in [5.41, 5.74) is 0. The fourth-order valence-corrected chi connectivity index (χ4v) is 0.787. The van der Waals surface area contributed by atoms with Gasteiger partial charge in [-0.05, 0) is 12.3 Å². The molecule has 0 bridgehead atoms. The molecule has 0 aromatic heterocycles. The fraction of sp³-hybridized carbons (Fsp3) is 0.889. The molecule has 0 heterocycles. The Morgan fingerprint density at radius 1 is 1.45 bits per heavy atom. The van der Waals surface area contributed by atoms with Crippen LogP contribution in [-0.2, 0) is 4.79 Å². The summed E-state index contributed by atoms with van der Waals surface area (Å²) in [6.45, 7) is 7.09. The van der Waals surface area contributed by atoms with E-state index in [4.69, 9.17) is 0 Å². The topological polar surface area (TPSA) is 29.1 Å². The molecular formula is C9H19NO. The summed E-state index contributed by atoms with van der Waals surface area (Å²) in [6.07, 6.45) is 2.89. The number of rotatable bonds is 5. The van der Waals surface area contributed by atoms with E-state index in [-0.39, 0.29) is 5.91 Å². The highest BCUT2D eigenvalue weighted by atomic mass is 16.1. The molecule has 1 N–H and O–H groups in total. The Labute approximate surface area is 69.4 Å². The largest absolute Gasteiger partial charge is 0.356 e. The maximum absolute atomic E-state index is 10.8. The molecule has 1 amide bonds. The van der Waals surface area contributed by atoms with E-state index in [0.29, 0.717) is 6.42 Å². The van der Waals surface area contributed by atoms with Crippen LogP contribution >= 0.6 is 0 Å². The standard InChI is InChI=1S/C9H19NO/c1-4-8(3)6-7-10-9(11)5-2/h8H,4-7H2,1-3H3,(H,10,11). The van der Waals surface area contributed by atoms with Crippen molar-refractivity contribution in [1.29, 1.82) is 0 Å². The van der Waals surface area contributed by atoms with Gasteiger partial charge in [-0.1, -0.05) is 27.2 Å². The first kappa shape index (κ1) is 10.5. The van der Waals surface area contributed by atoms with Crippen molar-refractivity contribution in [2.45, 2.75) is 40.0 Å². The van der Waals surface area contributed by atoms with Crippen LogP contribution in [0.15, 0.2) is 0 Å². The minimum Gasteiger partial charge on any atom is -0.356 e. The highest BCUT2D eigenvalue weighted by Crippen LogP contribution is 2.03. The van der Waals surface area contributed by atoms with Crippen LogP contribution < -0.4 is 5.32 Å². The van der Waals surface area contributed by atoms with Crippen LogP contribution in [0.1, 0.15) is 40.0 Å². The van der Waals surface area contributed by atoms with E-state index < -0.39 is 0 Å². The zero-order chi connectivity index (χ0) is 8.69. The first-order chi connectivity index (χ1) is 5.20. The van der Waals surface area contributed by atoms with Crippen molar-refractivity contribution < 1.29 is 4.79 Å². The molecule has 0 radical (unpaired) electrons. The highest BCUT2D eigenvalue weighted by molar-refractivity contribution is 5.75. The third-order valence-electron chi connectivity index (χ3n) is 1.98. The van der Waals surface area contributed by atoms with Gasteiger partial charge in [-0.2, -0.15) is 0 Å². The van der Waals surface area contributed by atoms with E-state index in [2.05, 4.69) is 19.2 Å². The van der Waals surface area contributed by atoms with E-state index in [1.165, 1.54) is 6.42 Å². The molecule has 66 valence electrons. The van der Waals surface area contributed by atoms with Crippen molar-refractivity contribution in [3.63, 3.8) is 0 Å². The maximum atomic E-state index is 10.8. The van der Waals surface area contributed by atoms with E-state index in [9.17, 15) is 4.79 Å². The lowest BCUT2D eigenvalue weighted by Gasteiger charge is -2.08. The minimum atomic E-state index is 0.160. The van der Waals surface area contributed by atoms with E-state index in [1.54, 1.807) is 0 Å². The smallest absolute Gasteiger partial charge is 0.219 e. The summed E-state index contributed by atoms with van der Waals surface area (Å²) in [6, 6.07) is 0. The minimum absolute atomic E-state index is 0.160. The fourth-order valence-electron chi connectivity index (χ4n) is 0.787. The van der Waals surface area contributed by atoms with Crippen LogP contribution in [0.3, 0.4) is 0 Å². The van der Waals surface area contributed by atoms with Crippen molar-refractivity contribution in [3.8, 4) is 0 Å². The Balaban J connectivity index is 3.20. The second-order valence-corrected chi connectivity index (χ2v) is 3.01. The maximum Gasteiger partial charge on any atom is 0.219 e. The lowest BCUT2D eigenvalue weighted by atomic mass is 10.1. The summed E-state index contributed by atoms with van der Waals surface area (Å²) in [4.78, 5) is 10.8. The van der Waals surface area contributed by atoms with Crippen molar-refractivity contribution in [2.75, 3.05) is 6.54 Å². The van der Waals surface area contributed by atoms with E-state index in [0.717, 1.165) is 18.9 Å². The van der Waals surface area contributed by atoms with E-state index in [1.807, 2.05) is 6.92 Å². The quantitative estimate of drug-likeness (QED) is 0.649. The molecule has 0 aliphatic carbocycles. The van der Waals surface area contributed by atoms with Gasteiger partial charge in [0.2, 0.25) is 5.91 Å². The Morgan fingerprint density at radius 3 is 2.55 bits per heavy atom. The SMILES string of the molecule is CCC(=O)NCCC(C)CC. The molecule has 11 heavy (non-hydrogen) atoms. The molecule has 0 aliphatic rings. The number of amides is 1. The van der Waals surface area contributed by atoms with Crippen molar-refractivity contribution >= 4 is 5.91 Å². The van der Waals surface area contributed by atoms with E-state index >= 15 is 0 Å². The summed E-state index contributed by atoms with van der Waals surface area (Å²) in [7, 11) is 0. The van der Waals surface area contributed by atoms with Crippen molar-refractivity contribution in [2.24, 2.45) is 5.92 Å². The lowest BCUT2D eigenvalue weighted by Crippen LogP contribution is -2.24. The molecule has 0 aliphatic heterocycles. The number of hydrogen-bond donors (Lipinski definition) is 1. The van der Waals surface area contributed by atoms with Crippen LogP contribution in [0, 0.1) is 5.92 Å². The van der Waals surface area contributed by atoms with Gasteiger partial charge in [0.1, 0.15) is 0 Å². The average molecular weight is 157 g/mol. The predicted molar refractivity (Wildman–Crippen MR) is 47.4 cm³/mol. The molecule has 0 saturated heterocycles. The number of carbonyl (C=O) groups is 1. The third kappa shape index (κ3) is 5.89. The lowest BCUT2D eigenvalue weighted by molar-refractivity contribution is -0.120. The van der Waals surface area contributed by atoms with Crippen LogP contribution in [0.5, 0.6) is 0 Å². The monoisotopic (exact) mass is 157 g/mol. The highest BCUT2D eigenvalue weighted by Gasteiger charge is 1.99. The zero-order valence-corrected chi connectivity index (χ0v) is 7.81. The third-order valence-corrected chi connectivity index (χ3v) is 1.98. The van der Waals surface area contributed by atoms with Gasteiger partial charge >= 0.3 is 0 Å². The molecule has 0 aromatic carbocycles. The van der Waals surface area contributed by atoms with Gasteiger partial charge in [-0.3, -0.25) is 4.79 Å². The Kier molecular flexibility index (Phi) is 5.90. The predicted octanol–water partition coefficient (Wildman–Crippen LogP) is 1.95. The molecule has 1 unspecified atom stereocenters. The molecule has 0 rings (SSSR count). The van der Waals surface area contributed by atoms with Crippen LogP contribution in [-0.4, -0.2) is 12.5 Å². The molecule has 0 spiro atoms. The van der Waals surface area contributed by atoms with Gasteiger partial charge in [0.05, 0.1) is 0 Å². The Bertz CT molecular complexity index is 112. The van der Waals surface area contributed by atoms with Gasteiger partial charge in [0, 0.05) is 13.0 Å². The number of hydrogen-bond acceptors (Lipinski definition) is 1. The van der Waals surface area contributed by atoms with Gasteiger partial charge in [-0.25, -0.2) is 0 Å². The van der Waals surface area contributed by atoms with Crippen molar-refractivity contribution in [3.05, 3.63) is 0 Å². The Hall–Kier alpha value is -0.530. The molecule has 2 heteroatoms. The number of carbonyl (C=O) groups excluding carboxylic acids is 1. The first-order valence-electron chi connectivity index (χ1n) is 4.47. The Morgan fingerprint density at radius 2 is 2.09 bits per heavy atom. The molecule has 0 saturated carbocycles. The summed E-state index contributed by atoms with van der Waals surface area (Å²) >= 11 is 0. The second-order valence-electron chi connectivity index (χ2n) is 3.01. The summed E-state index contributed by atoms with van der Waals surface area (Å²) in [5.74, 6) is 0.889. The van der Waals surface area contributed by atoms with Gasteiger partial charge < -0.3 is 5.32 Å². The van der Waals surface area contributed by atoms with Gasteiger partial charge in [0.25, 0.3) is 0 Å². The second kappa shape index (κ2) is 6.20. The van der Waals surface area contributed by atoms with Crippen LogP contribution in [0.4, 0.5) is 0 Å².